The first-order valence-electron chi connectivity index (χ1n) is 7.96. The van der Waals surface area contributed by atoms with Gasteiger partial charge in [-0.25, -0.2) is 4.79 Å². The van der Waals surface area contributed by atoms with Crippen molar-refractivity contribution in [1.29, 1.82) is 0 Å². The number of nitrogens with one attached hydrogen (secondary N) is 1. The Kier molecular flexibility index (Phi) is 4.71. The van der Waals surface area contributed by atoms with Gasteiger partial charge in [0, 0.05) is 30.6 Å². The summed E-state index contributed by atoms with van der Waals surface area (Å²) >= 11 is 0. The van der Waals surface area contributed by atoms with Crippen LogP contribution in [-0.2, 0) is 19.5 Å². The summed E-state index contributed by atoms with van der Waals surface area (Å²) in [4.78, 5) is 10.9. The lowest BCUT2D eigenvalue weighted by atomic mass is 10.1. The monoisotopic (exact) mass is 327 g/mol. The molecule has 0 saturated carbocycles. The number of methoxy groups -OCH3 is 1. The zero-order valence-electron chi connectivity index (χ0n) is 13.8. The van der Waals surface area contributed by atoms with Crippen LogP contribution >= 0.6 is 0 Å². The van der Waals surface area contributed by atoms with Crippen molar-refractivity contribution < 1.29 is 19.4 Å². The van der Waals surface area contributed by atoms with Crippen molar-refractivity contribution in [2.75, 3.05) is 7.11 Å². The Balaban J connectivity index is 1.64. The second-order valence-electron chi connectivity index (χ2n) is 6.01. The van der Waals surface area contributed by atoms with Gasteiger partial charge in [0.1, 0.15) is 17.6 Å². The molecule has 5 heteroatoms. The molecule has 1 aliphatic heterocycles. The minimum atomic E-state index is -0.911. The first-order chi connectivity index (χ1) is 11.6. The van der Waals surface area contributed by atoms with Crippen molar-refractivity contribution in [2.45, 2.75) is 32.5 Å². The summed E-state index contributed by atoms with van der Waals surface area (Å²) < 4.78 is 11.3. The quantitative estimate of drug-likeness (QED) is 0.854. The molecule has 0 amide bonds. The van der Waals surface area contributed by atoms with Crippen molar-refractivity contribution in [1.82, 2.24) is 5.32 Å². The van der Waals surface area contributed by atoms with Gasteiger partial charge in [0.25, 0.3) is 0 Å². The average molecular weight is 327 g/mol. The molecule has 2 aromatic carbocycles. The van der Waals surface area contributed by atoms with E-state index in [4.69, 9.17) is 14.6 Å². The second-order valence-corrected chi connectivity index (χ2v) is 6.01. The molecule has 0 radical (unpaired) electrons. The number of ether oxygens (including phenoxy) is 2. The molecule has 1 atom stereocenters. The van der Waals surface area contributed by atoms with E-state index in [0.29, 0.717) is 18.7 Å². The summed E-state index contributed by atoms with van der Waals surface area (Å²) in [6.45, 7) is 3.36. The number of aromatic carboxylic acids is 1. The molecule has 3 rings (SSSR count). The van der Waals surface area contributed by atoms with Crippen molar-refractivity contribution in [3.8, 4) is 11.5 Å². The van der Waals surface area contributed by atoms with Gasteiger partial charge < -0.3 is 19.9 Å². The van der Waals surface area contributed by atoms with Gasteiger partial charge in [-0.3, -0.25) is 0 Å². The zero-order chi connectivity index (χ0) is 17.1. The lowest BCUT2D eigenvalue weighted by Gasteiger charge is -2.12. The molecule has 0 fully saturated rings. The Hall–Kier alpha value is -2.53. The SMILES string of the molecule is COc1cc2c(cc1CNCc1ccc(C(=O)O)cc1)OC(C)C2. The third-order valence-corrected chi connectivity index (χ3v) is 4.14. The molecule has 1 heterocycles. The van der Waals surface area contributed by atoms with Crippen LogP contribution in [0.5, 0.6) is 11.5 Å². The van der Waals surface area contributed by atoms with E-state index in [1.807, 2.05) is 18.2 Å². The molecule has 2 N–H and O–H groups in total. The highest BCUT2D eigenvalue weighted by Crippen LogP contribution is 2.34. The van der Waals surface area contributed by atoms with Gasteiger partial charge in [-0.2, -0.15) is 0 Å². The zero-order valence-corrected chi connectivity index (χ0v) is 13.8. The highest BCUT2D eigenvalue weighted by atomic mass is 16.5. The third kappa shape index (κ3) is 3.51. The highest BCUT2D eigenvalue weighted by Gasteiger charge is 2.21. The number of fused-ring (bicyclic) bond motifs is 1. The summed E-state index contributed by atoms with van der Waals surface area (Å²) in [7, 11) is 1.68. The van der Waals surface area contributed by atoms with Gasteiger partial charge in [0.2, 0.25) is 0 Å². The average Bonchev–Trinajstić information content (AvgIpc) is 2.93. The smallest absolute Gasteiger partial charge is 0.335 e. The molecular formula is C19H21NO4. The highest BCUT2D eigenvalue weighted by molar-refractivity contribution is 5.87. The fraction of sp³-hybridized carbons (Fsp3) is 0.316. The molecule has 0 spiro atoms. The number of rotatable bonds is 6. The van der Waals surface area contributed by atoms with Crippen LogP contribution in [0, 0.1) is 0 Å². The normalized spacial score (nSPS) is 15.7. The van der Waals surface area contributed by atoms with Gasteiger partial charge in [0.05, 0.1) is 12.7 Å². The van der Waals surface area contributed by atoms with Gasteiger partial charge in [0.15, 0.2) is 0 Å². The lowest BCUT2D eigenvalue weighted by Crippen LogP contribution is -2.13. The van der Waals surface area contributed by atoms with E-state index in [1.165, 1.54) is 5.56 Å². The standard InChI is InChI=1S/C19H21NO4/c1-12-7-15-8-17(23-2)16(9-18(15)24-12)11-20-10-13-3-5-14(6-4-13)19(21)22/h3-6,8-9,12,20H,7,10-11H2,1-2H3,(H,21,22). The van der Waals surface area contributed by atoms with E-state index >= 15 is 0 Å². The number of benzene rings is 2. The molecule has 5 nitrogen and oxygen atoms in total. The van der Waals surface area contributed by atoms with Gasteiger partial charge in [-0.05, 0) is 36.8 Å². The predicted octanol–water partition coefficient (Wildman–Crippen LogP) is 3.01. The molecule has 0 bridgehead atoms. The summed E-state index contributed by atoms with van der Waals surface area (Å²) in [6.07, 6.45) is 1.12. The van der Waals surface area contributed by atoms with Gasteiger partial charge >= 0.3 is 5.97 Å². The van der Waals surface area contributed by atoms with E-state index in [2.05, 4.69) is 18.3 Å². The van der Waals surface area contributed by atoms with E-state index in [-0.39, 0.29) is 6.10 Å². The van der Waals surface area contributed by atoms with Gasteiger partial charge in [-0.1, -0.05) is 12.1 Å². The Bertz CT molecular complexity index is 740. The number of hydrogen-bond donors (Lipinski definition) is 2. The number of hydrogen-bond acceptors (Lipinski definition) is 4. The van der Waals surface area contributed by atoms with Crippen LogP contribution in [0.2, 0.25) is 0 Å². The lowest BCUT2D eigenvalue weighted by molar-refractivity contribution is 0.0697. The van der Waals surface area contributed by atoms with Crippen LogP contribution in [0.25, 0.3) is 0 Å². The summed E-state index contributed by atoms with van der Waals surface area (Å²) in [6, 6.07) is 11.0. The van der Waals surface area contributed by atoms with Crippen LogP contribution in [0.1, 0.15) is 34.0 Å². The van der Waals surface area contributed by atoms with E-state index in [9.17, 15) is 4.79 Å². The summed E-state index contributed by atoms with van der Waals surface area (Å²) in [5.41, 5.74) is 3.56. The molecule has 0 aromatic heterocycles. The maximum atomic E-state index is 10.9. The number of carboxylic acid groups (broad SMARTS) is 1. The minimum absolute atomic E-state index is 0.209. The molecule has 1 unspecified atom stereocenters. The Labute approximate surface area is 141 Å². The minimum Gasteiger partial charge on any atom is -0.496 e. The van der Waals surface area contributed by atoms with Gasteiger partial charge in [-0.15, -0.1) is 0 Å². The van der Waals surface area contributed by atoms with E-state index < -0.39 is 5.97 Å². The fourth-order valence-corrected chi connectivity index (χ4v) is 2.92. The molecule has 1 aliphatic rings. The number of carboxylic acids is 1. The molecule has 0 aliphatic carbocycles. The van der Waals surface area contributed by atoms with E-state index in [1.54, 1.807) is 19.2 Å². The maximum Gasteiger partial charge on any atom is 0.335 e. The van der Waals surface area contributed by atoms with Crippen molar-refractivity contribution in [3.63, 3.8) is 0 Å². The van der Waals surface area contributed by atoms with Crippen LogP contribution in [0.15, 0.2) is 36.4 Å². The first-order valence-corrected chi connectivity index (χ1v) is 7.96. The topological polar surface area (TPSA) is 67.8 Å². The van der Waals surface area contributed by atoms with Crippen molar-refractivity contribution >= 4 is 5.97 Å². The molecule has 0 saturated heterocycles. The largest absolute Gasteiger partial charge is 0.496 e. The van der Waals surface area contributed by atoms with Crippen LogP contribution in [0.4, 0.5) is 0 Å². The summed E-state index contributed by atoms with van der Waals surface area (Å²) in [5.74, 6) is 0.887. The Morgan fingerprint density at radius 1 is 1.29 bits per heavy atom. The second kappa shape index (κ2) is 6.93. The molecule has 2 aromatic rings. The first kappa shape index (κ1) is 16.3. The summed E-state index contributed by atoms with van der Waals surface area (Å²) in [5, 5.41) is 12.3. The van der Waals surface area contributed by atoms with Crippen LogP contribution in [-0.4, -0.2) is 24.3 Å². The molecule has 24 heavy (non-hydrogen) atoms. The van der Waals surface area contributed by atoms with E-state index in [0.717, 1.165) is 29.0 Å². The van der Waals surface area contributed by atoms with Crippen LogP contribution < -0.4 is 14.8 Å². The van der Waals surface area contributed by atoms with Crippen molar-refractivity contribution in [3.05, 3.63) is 58.7 Å². The maximum absolute atomic E-state index is 10.9. The molecule has 126 valence electrons. The van der Waals surface area contributed by atoms with Crippen LogP contribution in [0.3, 0.4) is 0 Å². The molecular weight excluding hydrogens is 306 g/mol. The third-order valence-electron chi connectivity index (χ3n) is 4.14. The number of carbonyl (C=O) groups is 1. The predicted molar refractivity (Wildman–Crippen MR) is 90.7 cm³/mol. The Morgan fingerprint density at radius 2 is 2.04 bits per heavy atom. The fourth-order valence-electron chi connectivity index (χ4n) is 2.92. The Morgan fingerprint density at radius 3 is 2.71 bits per heavy atom. The van der Waals surface area contributed by atoms with Crippen molar-refractivity contribution in [2.24, 2.45) is 0 Å².